The lowest BCUT2D eigenvalue weighted by Gasteiger charge is -2.07. The van der Waals surface area contributed by atoms with Crippen LogP contribution in [0.1, 0.15) is 21.7 Å². The van der Waals surface area contributed by atoms with Crippen LogP contribution in [0, 0.1) is 6.92 Å². The molecule has 4 nitrogen and oxygen atoms in total. The van der Waals surface area contributed by atoms with Gasteiger partial charge >= 0.3 is 5.97 Å². The number of halogens is 1. The number of hydrogen-bond acceptors (Lipinski definition) is 4. The lowest BCUT2D eigenvalue weighted by atomic mass is 10.1. The van der Waals surface area contributed by atoms with Gasteiger partial charge in [-0.15, -0.1) is 0 Å². The Kier molecular flexibility index (Phi) is 4.30. The zero-order chi connectivity index (χ0) is 16.4. The molecule has 0 aliphatic carbocycles. The summed E-state index contributed by atoms with van der Waals surface area (Å²) in [5.41, 5.74) is 1.90. The molecule has 2 aromatic carbocycles. The fourth-order valence-corrected chi connectivity index (χ4v) is 2.60. The molecule has 3 aromatic rings. The zero-order valence-corrected chi connectivity index (χ0v) is 13.9. The lowest BCUT2D eigenvalue weighted by molar-refractivity contribution is 0.0436. The SMILES string of the molecule is Cc1ccc2oc(C(=O)OCc3ccccc3Br)cc(=O)c2c1. The third kappa shape index (κ3) is 3.35. The molecule has 0 amide bonds. The maximum atomic E-state index is 12.1. The van der Waals surface area contributed by atoms with Gasteiger partial charge in [-0.05, 0) is 25.1 Å². The van der Waals surface area contributed by atoms with Gasteiger partial charge in [-0.1, -0.05) is 45.8 Å². The Bertz CT molecular complexity index is 943. The van der Waals surface area contributed by atoms with E-state index in [-0.39, 0.29) is 17.8 Å². The van der Waals surface area contributed by atoms with Crippen LogP contribution in [0.15, 0.2) is 62.2 Å². The number of carbonyl (C=O) groups is 1. The van der Waals surface area contributed by atoms with E-state index < -0.39 is 5.97 Å². The van der Waals surface area contributed by atoms with Crippen LogP contribution >= 0.6 is 15.9 Å². The molecule has 1 aromatic heterocycles. The van der Waals surface area contributed by atoms with Gasteiger partial charge in [0.05, 0.1) is 5.39 Å². The molecule has 0 spiro atoms. The molecule has 0 saturated carbocycles. The molecule has 23 heavy (non-hydrogen) atoms. The van der Waals surface area contributed by atoms with E-state index in [4.69, 9.17) is 9.15 Å². The minimum atomic E-state index is -0.666. The highest BCUT2D eigenvalue weighted by atomic mass is 79.9. The van der Waals surface area contributed by atoms with Crippen molar-refractivity contribution >= 4 is 32.9 Å². The Morgan fingerprint density at radius 2 is 1.96 bits per heavy atom. The minimum absolute atomic E-state index is 0.0932. The summed E-state index contributed by atoms with van der Waals surface area (Å²) in [6.07, 6.45) is 0. The summed E-state index contributed by atoms with van der Waals surface area (Å²) in [6, 6.07) is 13.8. The molecular formula is C18H13BrO4. The number of ether oxygens (including phenoxy) is 1. The quantitative estimate of drug-likeness (QED) is 0.645. The molecule has 0 bridgehead atoms. The third-order valence-corrected chi connectivity index (χ3v) is 4.17. The number of benzene rings is 2. The van der Waals surface area contributed by atoms with Crippen LogP contribution in [0.3, 0.4) is 0 Å². The monoisotopic (exact) mass is 372 g/mol. The predicted molar refractivity (Wildman–Crippen MR) is 90.5 cm³/mol. The molecule has 0 saturated heterocycles. The van der Waals surface area contributed by atoms with Gasteiger partial charge in [0.1, 0.15) is 12.2 Å². The van der Waals surface area contributed by atoms with E-state index in [9.17, 15) is 9.59 Å². The molecule has 116 valence electrons. The van der Waals surface area contributed by atoms with Gasteiger partial charge in [0.15, 0.2) is 5.43 Å². The number of esters is 1. The number of aryl methyl sites for hydroxylation is 1. The van der Waals surface area contributed by atoms with Crippen LogP contribution < -0.4 is 5.43 Å². The Morgan fingerprint density at radius 1 is 1.17 bits per heavy atom. The summed E-state index contributed by atoms with van der Waals surface area (Å²) < 4.78 is 11.6. The van der Waals surface area contributed by atoms with Crippen LogP contribution in [-0.4, -0.2) is 5.97 Å². The fourth-order valence-electron chi connectivity index (χ4n) is 2.20. The first-order valence-corrected chi connectivity index (χ1v) is 7.79. The standard InChI is InChI=1S/C18H13BrO4/c1-11-6-7-16-13(8-11)15(20)9-17(23-16)18(21)22-10-12-4-2-3-5-14(12)19/h2-9H,10H2,1H3. The van der Waals surface area contributed by atoms with Crippen molar-refractivity contribution in [1.82, 2.24) is 0 Å². The Morgan fingerprint density at radius 3 is 2.74 bits per heavy atom. The van der Waals surface area contributed by atoms with Gasteiger partial charge in [0.25, 0.3) is 0 Å². The summed E-state index contributed by atoms with van der Waals surface area (Å²) >= 11 is 3.39. The van der Waals surface area contributed by atoms with Gasteiger partial charge in [0.2, 0.25) is 5.76 Å². The second-order valence-corrected chi connectivity index (χ2v) is 6.00. The highest BCUT2D eigenvalue weighted by Crippen LogP contribution is 2.18. The van der Waals surface area contributed by atoms with Gasteiger partial charge in [-0.25, -0.2) is 4.79 Å². The van der Waals surface area contributed by atoms with Gasteiger partial charge in [-0.3, -0.25) is 4.79 Å². The van der Waals surface area contributed by atoms with E-state index in [0.29, 0.717) is 11.0 Å². The largest absolute Gasteiger partial charge is 0.455 e. The zero-order valence-electron chi connectivity index (χ0n) is 12.3. The maximum absolute atomic E-state index is 12.1. The van der Waals surface area contributed by atoms with Crippen LogP contribution in [0.4, 0.5) is 0 Å². The van der Waals surface area contributed by atoms with Crippen molar-refractivity contribution in [2.45, 2.75) is 13.5 Å². The number of fused-ring (bicyclic) bond motifs is 1. The average molecular weight is 373 g/mol. The van der Waals surface area contributed by atoms with Crippen LogP contribution in [0.5, 0.6) is 0 Å². The molecule has 0 fully saturated rings. The van der Waals surface area contributed by atoms with Crippen molar-refractivity contribution in [2.24, 2.45) is 0 Å². The minimum Gasteiger partial charge on any atom is -0.455 e. The van der Waals surface area contributed by atoms with Gasteiger partial charge < -0.3 is 9.15 Å². The van der Waals surface area contributed by atoms with Crippen molar-refractivity contribution in [1.29, 1.82) is 0 Å². The average Bonchev–Trinajstić information content (AvgIpc) is 2.54. The van der Waals surface area contributed by atoms with E-state index in [2.05, 4.69) is 15.9 Å². The number of rotatable bonds is 3. The van der Waals surface area contributed by atoms with Crippen molar-refractivity contribution in [3.63, 3.8) is 0 Å². The summed E-state index contributed by atoms with van der Waals surface area (Å²) in [5, 5.41) is 0.451. The summed E-state index contributed by atoms with van der Waals surface area (Å²) in [4.78, 5) is 24.2. The molecule has 0 aliphatic heterocycles. The predicted octanol–water partition coefficient (Wildman–Crippen LogP) is 4.22. The Labute approximate surface area is 140 Å². The van der Waals surface area contributed by atoms with E-state index >= 15 is 0 Å². The molecule has 0 radical (unpaired) electrons. The Balaban J connectivity index is 1.85. The molecule has 3 rings (SSSR count). The first-order chi connectivity index (χ1) is 11.0. The van der Waals surface area contributed by atoms with Gasteiger partial charge in [0, 0.05) is 16.1 Å². The molecule has 0 aliphatic rings. The molecule has 0 N–H and O–H groups in total. The molecule has 5 heteroatoms. The first-order valence-electron chi connectivity index (χ1n) is 6.99. The third-order valence-electron chi connectivity index (χ3n) is 3.40. The number of hydrogen-bond donors (Lipinski definition) is 0. The second-order valence-electron chi connectivity index (χ2n) is 5.14. The second kappa shape index (κ2) is 6.38. The molecular weight excluding hydrogens is 360 g/mol. The topological polar surface area (TPSA) is 56.5 Å². The van der Waals surface area contributed by atoms with E-state index in [1.54, 1.807) is 12.1 Å². The van der Waals surface area contributed by atoms with Crippen molar-refractivity contribution in [3.05, 3.63) is 80.1 Å². The van der Waals surface area contributed by atoms with Crippen LogP contribution in [0.2, 0.25) is 0 Å². The van der Waals surface area contributed by atoms with E-state index in [1.165, 1.54) is 6.07 Å². The van der Waals surface area contributed by atoms with Gasteiger partial charge in [-0.2, -0.15) is 0 Å². The Hall–Kier alpha value is -2.40. The van der Waals surface area contributed by atoms with Crippen molar-refractivity contribution < 1.29 is 13.9 Å². The van der Waals surface area contributed by atoms with Crippen molar-refractivity contribution in [2.75, 3.05) is 0 Å². The van der Waals surface area contributed by atoms with E-state index in [1.807, 2.05) is 37.3 Å². The normalized spacial score (nSPS) is 10.7. The number of carbonyl (C=O) groups excluding carboxylic acids is 1. The molecule has 0 unspecified atom stereocenters. The summed E-state index contributed by atoms with van der Waals surface area (Å²) in [5.74, 6) is -0.765. The van der Waals surface area contributed by atoms with Crippen LogP contribution in [0.25, 0.3) is 11.0 Å². The highest BCUT2D eigenvalue weighted by Gasteiger charge is 2.14. The summed E-state index contributed by atoms with van der Waals surface area (Å²) in [6.45, 7) is 1.98. The summed E-state index contributed by atoms with van der Waals surface area (Å²) in [7, 11) is 0. The first kappa shape index (κ1) is 15.5. The lowest BCUT2D eigenvalue weighted by Crippen LogP contribution is -2.10. The maximum Gasteiger partial charge on any atom is 0.374 e. The highest BCUT2D eigenvalue weighted by molar-refractivity contribution is 9.10. The molecule has 0 atom stereocenters. The fraction of sp³-hybridized carbons (Fsp3) is 0.111. The van der Waals surface area contributed by atoms with Crippen LogP contribution in [-0.2, 0) is 11.3 Å². The van der Waals surface area contributed by atoms with Crippen molar-refractivity contribution in [3.8, 4) is 0 Å². The van der Waals surface area contributed by atoms with E-state index in [0.717, 1.165) is 15.6 Å². The smallest absolute Gasteiger partial charge is 0.374 e. The molecule has 1 heterocycles.